The fourth-order valence-corrected chi connectivity index (χ4v) is 3.81. The van der Waals surface area contributed by atoms with Gasteiger partial charge in [-0.1, -0.05) is 0 Å². The van der Waals surface area contributed by atoms with Crippen LogP contribution in [0.1, 0.15) is 29.6 Å². The third-order valence-electron chi connectivity index (χ3n) is 3.85. The molecule has 21 heavy (non-hydrogen) atoms. The van der Waals surface area contributed by atoms with E-state index in [1.165, 1.54) is 0 Å². The van der Waals surface area contributed by atoms with E-state index in [0.717, 1.165) is 30.8 Å². The van der Waals surface area contributed by atoms with Crippen molar-refractivity contribution in [3.63, 3.8) is 0 Å². The second-order valence-corrected chi connectivity index (χ2v) is 6.66. The summed E-state index contributed by atoms with van der Waals surface area (Å²) in [5, 5.41) is 9.73. The van der Waals surface area contributed by atoms with Gasteiger partial charge in [-0.05, 0) is 37.1 Å². The summed E-state index contributed by atoms with van der Waals surface area (Å²) in [7, 11) is 0. The molecule has 1 aromatic heterocycles. The maximum Gasteiger partial charge on any atom is 0.259 e. The number of aromatic nitrogens is 1. The zero-order chi connectivity index (χ0) is 14.7. The van der Waals surface area contributed by atoms with Crippen LogP contribution < -0.4 is 4.74 Å². The number of likely N-dealkylation sites (tertiary alicyclic amines) is 1. The molecule has 2 saturated heterocycles. The van der Waals surface area contributed by atoms with E-state index in [1.807, 2.05) is 11.8 Å². The van der Waals surface area contributed by atoms with Gasteiger partial charge in [-0.25, -0.2) is 4.98 Å². The van der Waals surface area contributed by atoms with Gasteiger partial charge >= 0.3 is 0 Å². The molecule has 2 unspecified atom stereocenters. The Kier molecular flexibility index (Phi) is 4.65. The van der Waals surface area contributed by atoms with E-state index in [4.69, 9.17) is 4.74 Å². The minimum atomic E-state index is -0.421. The number of hydrogen-bond donors (Lipinski definition) is 1. The molecule has 1 amide bonds. The number of carbonyl (C=O) groups is 1. The van der Waals surface area contributed by atoms with E-state index in [2.05, 4.69) is 4.98 Å². The van der Waals surface area contributed by atoms with Crippen molar-refractivity contribution in [2.75, 3.05) is 24.6 Å². The van der Waals surface area contributed by atoms with Gasteiger partial charge < -0.3 is 14.7 Å². The van der Waals surface area contributed by atoms with Gasteiger partial charge in [0.1, 0.15) is 11.7 Å². The Labute approximate surface area is 128 Å². The lowest BCUT2D eigenvalue weighted by Gasteiger charge is -2.30. The van der Waals surface area contributed by atoms with Gasteiger partial charge in [-0.15, -0.1) is 0 Å². The normalized spacial score (nSPS) is 25.9. The van der Waals surface area contributed by atoms with Gasteiger partial charge in [0.2, 0.25) is 5.88 Å². The maximum atomic E-state index is 12.6. The number of pyridine rings is 1. The van der Waals surface area contributed by atoms with Crippen LogP contribution >= 0.6 is 11.8 Å². The summed E-state index contributed by atoms with van der Waals surface area (Å²) in [5.74, 6) is 2.38. The molecule has 2 atom stereocenters. The summed E-state index contributed by atoms with van der Waals surface area (Å²) in [5.41, 5.74) is 0.503. The molecule has 0 spiro atoms. The third-order valence-corrected chi connectivity index (χ3v) is 4.98. The van der Waals surface area contributed by atoms with Crippen molar-refractivity contribution < 1.29 is 14.6 Å². The number of β-amino-alcohol motifs (C(OH)–C–C–N with tert-alkyl or cyclic N) is 1. The molecule has 114 valence electrons. The van der Waals surface area contributed by atoms with Crippen LogP contribution in [0.5, 0.6) is 5.88 Å². The molecule has 0 radical (unpaired) electrons. The molecular formula is C15H20N2O3S. The molecule has 1 N–H and O–H groups in total. The van der Waals surface area contributed by atoms with Gasteiger partial charge in [0.25, 0.3) is 5.91 Å². The minimum Gasteiger partial charge on any atom is -0.473 e. The average Bonchev–Trinajstić information content (AvgIpc) is 3.00. The summed E-state index contributed by atoms with van der Waals surface area (Å²) < 4.78 is 5.90. The molecule has 0 bridgehead atoms. The SMILES string of the molecule is O=C(c1cccnc1OC1CCSC1)N1CCCC(O)C1. The van der Waals surface area contributed by atoms with Crippen LogP contribution in [0.25, 0.3) is 0 Å². The highest BCUT2D eigenvalue weighted by atomic mass is 32.2. The maximum absolute atomic E-state index is 12.6. The molecule has 2 aliphatic heterocycles. The first-order valence-corrected chi connectivity index (χ1v) is 8.56. The lowest BCUT2D eigenvalue weighted by atomic mass is 10.1. The Balaban J connectivity index is 1.75. The second-order valence-electron chi connectivity index (χ2n) is 5.51. The van der Waals surface area contributed by atoms with E-state index in [1.54, 1.807) is 23.2 Å². The van der Waals surface area contributed by atoms with Crippen LogP contribution in [-0.4, -0.2) is 57.7 Å². The second kappa shape index (κ2) is 6.66. The predicted molar refractivity (Wildman–Crippen MR) is 81.7 cm³/mol. The Morgan fingerprint density at radius 3 is 3.14 bits per heavy atom. The summed E-state index contributed by atoms with van der Waals surface area (Å²) in [6, 6.07) is 3.51. The highest BCUT2D eigenvalue weighted by Gasteiger charge is 2.27. The van der Waals surface area contributed by atoms with Crippen LogP contribution in [0, 0.1) is 0 Å². The molecule has 6 heteroatoms. The lowest BCUT2D eigenvalue weighted by Crippen LogP contribution is -2.42. The number of amides is 1. The van der Waals surface area contributed by atoms with Gasteiger partial charge in [0.15, 0.2) is 0 Å². The summed E-state index contributed by atoms with van der Waals surface area (Å²) in [4.78, 5) is 18.6. The smallest absolute Gasteiger partial charge is 0.259 e. The summed E-state index contributed by atoms with van der Waals surface area (Å²) in [6.07, 6.45) is 3.97. The summed E-state index contributed by atoms with van der Waals surface area (Å²) in [6.45, 7) is 1.08. The Morgan fingerprint density at radius 2 is 2.38 bits per heavy atom. The quantitative estimate of drug-likeness (QED) is 0.918. The average molecular weight is 308 g/mol. The number of thioether (sulfide) groups is 1. The van der Waals surface area contributed by atoms with Gasteiger partial charge in [-0.3, -0.25) is 4.79 Å². The molecular weight excluding hydrogens is 288 g/mol. The zero-order valence-electron chi connectivity index (χ0n) is 11.9. The minimum absolute atomic E-state index is 0.0949. The van der Waals surface area contributed by atoms with Crippen molar-refractivity contribution in [2.45, 2.75) is 31.5 Å². The van der Waals surface area contributed by atoms with Gasteiger partial charge in [0, 0.05) is 25.0 Å². The van der Waals surface area contributed by atoms with Crippen LogP contribution in [0.15, 0.2) is 18.3 Å². The largest absolute Gasteiger partial charge is 0.473 e. The Hall–Kier alpha value is -1.27. The molecule has 0 aliphatic carbocycles. The number of rotatable bonds is 3. The number of nitrogens with zero attached hydrogens (tertiary/aromatic N) is 2. The van der Waals surface area contributed by atoms with Crippen LogP contribution in [0.4, 0.5) is 0 Å². The molecule has 0 aromatic carbocycles. The van der Waals surface area contributed by atoms with E-state index >= 15 is 0 Å². The predicted octanol–water partition coefficient (Wildman–Crippen LogP) is 1.56. The van der Waals surface area contributed by atoms with Crippen molar-refractivity contribution in [2.24, 2.45) is 0 Å². The lowest BCUT2D eigenvalue weighted by molar-refractivity contribution is 0.0468. The Bertz CT molecular complexity index is 505. The van der Waals surface area contributed by atoms with E-state index in [0.29, 0.717) is 24.5 Å². The molecule has 3 heterocycles. The number of ether oxygens (including phenoxy) is 1. The van der Waals surface area contributed by atoms with Crippen molar-refractivity contribution in [3.8, 4) is 5.88 Å². The number of hydrogen-bond acceptors (Lipinski definition) is 5. The van der Waals surface area contributed by atoms with Crippen LogP contribution in [-0.2, 0) is 0 Å². The van der Waals surface area contributed by atoms with E-state index in [9.17, 15) is 9.90 Å². The van der Waals surface area contributed by atoms with Crippen LogP contribution in [0.2, 0.25) is 0 Å². The molecule has 5 nitrogen and oxygen atoms in total. The monoisotopic (exact) mass is 308 g/mol. The number of aliphatic hydroxyl groups is 1. The first-order chi connectivity index (χ1) is 10.2. The van der Waals surface area contributed by atoms with Crippen molar-refractivity contribution in [3.05, 3.63) is 23.9 Å². The molecule has 0 saturated carbocycles. The first-order valence-electron chi connectivity index (χ1n) is 7.41. The standard InChI is InChI=1S/C15H20N2O3S/c18-11-3-2-7-17(9-11)15(19)13-4-1-6-16-14(13)20-12-5-8-21-10-12/h1,4,6,11-12,18H,2-3,5,7-10H2. The molecule has 2 aliphatic rings. The topological polar surface area (TPSA) is 62.7 Å². The van der Waals surface area contributed by atoms with Gasteiger partial charge in [0.05, 0.1) is 6.10 Å². The fourth-order valence-electron chi connectivity index (χ4n) is 2.72. The third kappa shape index (κ3) is 3.49. The van der Waals surface area contributed by atoms with E-state index in [-0.39, 0.29) is 12.0 Å². The molecule has 1 aromatic rings. The first kappa shape index (κ1) is 14.7. The number of carbonyl (C=O) groups excluding carboxylic acids is 1. The molecule has 3 rings (SSSR count). The molecule has 2 fully saturated rings. The highest BCUT2D eigenvalue weighted by Crippen LogP contribution is 2.25. The fraction of sp³-hybridized carbons (Fsp3) is 0.600. The summed E-state index contributed by atoms with van der Waals surface area (Å²) >= 11 is 1.86. The van der Waals surface area contributed by atoms with Gasteiger partial charge in [-0.2, -0.15) is 11.8 Å². The zero-order valence-corrected chi connectivity index (χ0v) is 12.7. The van der Waals surface area contributed by atoms with E-state index < -0.39 is 6.10 Å². The van der Waals surface area contributed by atoms with Crippen LogP contribution in [0.3, 0.4) is 0 Å². The number of piperidine rings is 1. The van der Waals surface area contributed by atoms with Crippen molar-refractivity contribution in [1.82, 2.24) is 9.88 Å². The van der Waals surface area contributed by atoms with Crippen molar-refractivity contribution >= 4 is 17.7 Å². The number of aliphatic hydroxyl groups excluding tert-OH is 1. The Morgan fingerprint density at radius 1 is 1.48 bits per heavy atom. The highest BCUT2D eigenvalue weighted by molar-refractivity contribution is 7.99. The van der Waals surface area contributed by atoms with Crippen molar-refractivity contribution in [1.29, 1.82) is 0 Å².